The zero-order chi connectivity index (χ0) is 14.8. The van der Waals surface area contributed by atoms with Crippen LogP contribution in [0.15, 0.2) is 0 Å². The first-order chi connectivity index (χ1) is 8.51. The maximum Gasteiger partial charge on any atom is 0.305 e. The lowest BCUT2D eigenvalue weighted by molar-refractivity contribution is -0.138. The highest BCUT2D eigenvalue weighted by atomic mass is 32.2. The van der Waals surface area contributed by atoms with Gasteiger partial charge in [-0.25, -0.2) is 8.42 Å². The van der Waals surface area contributed by atoms with Gasteiger partial charge in [0.2, 0.25) is 5.91 Å². The average Bonchev–Trinajstić information content (AvgIpc) is 2.55. The lowest BCUT2D eigenvalue weighted by atomic mass is 9.84. The number of carbonyl (C=O) groups excluding carboxylic acids is 1. The highest BCUT2D eigenvalue weighted by molar-refractivity contribution is 7.91. The molecule has 0 radical (unpaired) electrons. The molecule has 2 N–H and O–H groups in total. The Morgan fingerprint density at radius 1 is 1.37 bits per heavy atom. The summed E-state index contributed by atoms with van der Waals surface area (Å²) in [6, 6.07) is -0.513. The third kappa shape index (κ3) is 4.81. The fourth-order valence-corrected chi connectivity index (χ4v) is 3.78. The van der Waals surface area contributed by atoms with Crippen LogP contribution in [0.2, 0.25) is 0 Å². The summed E-state index contributed by atoms with van der Waals surface area (Å²) in [5, 5.41) is 11.5. The third-order valence-electron chi connectivity index (χ3n) is 3.34. The molecule has 0 aromatic rings. The third-order valence-corrected chi connectivity index (χ3v) is 5.11. The predicted molar refractivity (Wildman–Crippen MR) is 70.4 cm³/mol. The lowest BCUT2D eigenvalue weighted by Gasteiger charge is -2.31. The van der Waals surface area contributed by atoms with Gasteiger partial charge < -0.3 is 10.4 Å². The molecule has 1 rings (SSSR count). The molecular weight excluding hydrogens is 270 g/mol. The molecule has 0 aromatic heterocycles. The van der Waals surface area contributed by atoms with Gasteiger partial charge in [0.15, 0.2) is 9.84 Å². The van der Waals surface area contributed by atoms with Crippen molar-refractivity contribution in [2.75, 3.05) is 11.5 Å². The van der Waals surface area contributed by atoms with Crippen LogP contribution in [0, 0.1) is 11.3 Å². The van der Waals surface area contributed by atoms with E-state index in [9.17, 15) is 18.0 Å². The van der Waals surface area contributed by atoms with Crippen LogP contribution in [0.25, 0.3) is 0 Å². The second kappa shape index (κ2) is 5.48. The van der Waals surface area contributed by atoms with Gasteiger partial charge in [0.25, 0.3) is 0 Å². The summed E-state index contributed by atoms with van der Waals surface area (Å²) in [7, 11) is -3.11. The van der Waals surface area contributed by atoms with Crippen LogP contribution >= 0.6 is 0 Å². The summed E-state index contributed by atoms with van der Waals surface area (Å²) in [6.07, 6.45) is 0.146. The maximum atomic E-state index is 12.0. The van der Waals surface area contributed by atoms with Crippen molar-refractivity contribution in [2.45, 2.75) is 39.7 Å². The van der Waals surface area contributed by atoms with Gasteiger partial charge in [0, 0.05) is 6.04 Å². The first kappa shape index (κ1) is 15.9. The quantitative estimate of drug-likeness (QED) is 0.782. The van der Waals surface area contributed by atoms with Crippen molar-refractivity contribution >= 4 is 21.7 Å². The van der Waals surface area contributed by atoms with Gasteiger partial charge >= 0.3 is 5.97 Å². The fraction of sp³-hybridized carbons (Fsp3) is 0.833. The number of carboxylic acids is 1. The standard InChI is InChI=1S/C12H21NO5S/c1-12(2,3)9(6-10(14)15)13-11(16)8-4-5-19(17,18)7-8/h8-9H,4-7H2,1-3H3,(H,13,16)(H,14,15). The Balaban J connectivity index is 2.70. The van der Waals surface area contributed by atoms with Crippen LogP contribution in [0.4, 0.5) is 0 Å². The molecule has 0 aromatic carbocycles. The average molecular weight is 291 g/mol. The van der Waals surface area contributed by atoms with Crippen molar-refractivity contribution in [1.29, 1.82) is 0 Å². The van der Waals surface area contributed by atoms with Gasteiger partial charge in [-0.2, -0.15) is 0 Å². The number of hydrogen-bond donors (Lipinski definition) is 2. The molecular formula is C12H21NO5S. The largest absolute Gasteiger partial charge is 0.481 e. The number of nitrogens with one attached hydrogen (secondary N) is 1. The lowest BCUT2D eigenvalue weighted by Crippen LogP contribution is -2.47. The Bertz CT molecular complexity index is 463. The number of carbonyl (C=O) groups is 2. The second-order valence-corrected chi connectivity index (χ2v) is 8.35. The van der Waals surface area contributed by atoms with E-state index in [2.05, 4.69) is 5.32 Å². The van der Waals surface area contributed by atoms with Gasteiger partial charge in [-0.05, 0) is 11.8 Å². The minimum atomic E-state index is -3.11. The van der Waals surface area contributed by atoms with Crippen molar-refractivity contribution in [2.24, 2.45) is 11.3 Å². The first-order valence-electron chi connectivity index (χ1n) is 6.24. The predicted octanol–water partition coefficient (Wildman–Crippen LogP) is 0.427. The van der Waals surface area contributed by atoms with Gasteiger partial charge in [0.1, 0.15) is 0 Å². The molecule has 0 bridgehead atoms. The molecule has 0 aliphatic carbocycles. The fourth-order valence-electron chi connectivity index (χ4n) is 2.04. The summed E-state index contributed by atoms with van der Waals surface area (Å²) in [5.41, 5.74) is -0.397. The maximum absolute atomic E-state index is 12.0. The Labute approximate surface area is 113 Å². The van der Waals surface area contributed by atoms with E-state index in [1.165, 1.54) is 0 Å². The Hall–Kier alpha value is -1.11. The summed E-state index contributed by atoms with van der Waals surface area (Å²) in [6.45, 7) is 5.52. The molecule has 1 fully saturated rings. The highest BCUT2D eigenvalue weighted by Gasteiger charge is 2.36. The van der Waals surface area contributed by atoms with E-state index in [1.54, 1.807) is 0 Å². The van der Waals surface area contributed by atoms with Crippen molar-refractivity contribution < 1.29 is 23.1 Å². The van der Waals surface area contributed by atoms with Crippen LogP contribution in [0.3, 0.4) is 0 Å². The number of amides is 1. The topological polar surface area (TPSA) is 101 Å². The van der Waals surface area contributed by atoms with Crippen molar-refractivity contribution in [3.63, 3.8) is 0 Å². The Kier molecular flexibility index (Phi) is 4.60. The smallest absolute Gasteiger partial charge is 0.305 e. The number of sulfone groups is 1. The van der Waals surface area contributed by atoms with Crippen LogP contribution in [0.1, 0.15) is 33.6 Å². The molecule has 1 amide bonds. The van der Waals surface area contributed by atoms with E-state index >= 15 is 0 Å². The zero-order valence-electron chi connectivity index (χ0n) is 11.5. The minimum Gasteiger partial charge on any atom is -0.481 e. The van der Waals surface area contributed by atoms with E-state index in [-0.39, 0.29) is 23.8 Å². The second-order valence-electron chi connectivity index (χ2n) is 6.13. The summed E-state index contributed by atoms with van der Waals surface area (Å²) in [5.74, 6) is -2.00. The summed E-state index contributed by atoms with van der Waals surface area (Å²) < 4.78 is 22.7. The number of rotatable bonds is 4. The molecule has 2 atom stereocenters. The molecule has 7 heteroatoms. The van der Waals surface area contributed by atoms with Gasteiger partial charge in [-0.15, -0.1) is 0 Å². The number of hydrogen-bond acceptors (Lipinski definition) is 4. The zero-order valence-corrected chi connectivity index (χ0v) is 12.3. The monoisotopic (exact) mass is 291 g/mol. The molecule has 6 nitrogen and oxygen atoms in total. The molecule has 2 unspecified atom stereocenters. The van der Waals surface area contributed by atoms with E-state index in [0.29, 0.717) is 6.42 Å². The van der Waals surface area contributed by atoms with E-state index in [0.717, 1.165) is 0 Å². The first-order valence-corrected chi connectivity index (χ1v) is 8.06. The summed E-state index contributed by atoms with van der Waals surface area (Å²) in [4.78, 5) is 22.8. The molecule has 1 saturated heterocycles. The van der Waals surface area contributed by atoms with Crippen LogP contribution in [-0.4, -0.2) is 42.9 Å². The molecule has 1 heterocycles. The van der Waals surface area contributed by atoms with Crippen molar-refractivity contribution in [3.8, 4) is 0 Å². The van der Waals surface area contributed by atoms with Crippen LogP contribution < -0.4 is 5.32 Å². The van der Waals surface area contributed by atoms with Crippen LogP contribution in [-0.2, 0) is 19.4 Å². The Morgan fingerprint density at radius 2 is 1.95 bits per heavy atom. The molecule has 0 saturated carbocycles. The Morgan fingerprint density at radius 3 is 2.32 bits per heavy atom. The normalized spacial score (nSPS) is 23.8. The molecule has 0 spiro atoms. The molecule has 1 aliphatic rings. The minimum absolute atomic E-state index is 0.0319. The highest BCUT2D eigenvalue weighted by Crippen LogP contribution is 2.24. The van der Waals surface area contributed by atoms with E-state index in [1.807, 2.05) is 20.8 Å². The van der Waals surface area contributed by atoms with E-state index < -0.39 is 33.2 Å². The molecule has 1 aliphatic heterocycles. The van der Waals surface area contributed by atoms with Gasteiger partial charge in [-0.3, -0.25) is 9.59 Å². The molecule has 19 heavy (non-hydrogen) atoms. The molecule has 110 valence electrons. The summed E-state index contributed by atoms with van der Waals surface area (Å²) >= 11 is 0. The van der Waals surface area contributed by atoms with E-state index in [4.69, 9.17) is 5.11 Å². The van der Waals surface area contributed by atoms with Gasteiger partial charge in [0.05, 0.1) is 23.8 Å². The number of aliphatic carboxylic acids is 1. The van der Waals surface area contributed by atoms with Crippen molar-refractivity contribution in [1.82, 2.24) is 5.32 Å². The number of carboxylic acid groups (broad SMARTS) is 1. The van der Waals surface area contributed by atoms with Crippen LogP contribution in [0.5, 0.6) is 0 Å². The van der Waals surface area contributed by atoms with Gasteiger partial charge in [-0.1, -0.05) is 20.8 Å². The SMILES string of the molecule is CC(C)(C)C(CC(=O)O)NC(=O)C1CCS(=O)(=O)C1. The van der Waals surface area contributed by atoms with Crippen molar-refractivity contribution in [3.05, 3.63) is 0 Å².